The average Bonchev–Trinajstić information content (AvgIpc) is 2.85. The number of hydrogen-bond acceptors (Lipinski definition) is 5. The van der Waals surface area contributed by atoms with Gasteiger partial charge in [0, 0.05) is 0 Å². The van der Waals surface area contributed by atoms with Gasteiger partial charge in [0.15, 0.2) is 0 Å². The summed E-state index contributed by atoms with van der Waals surface area (Å²) in [6.45, 7) is 3.99. The van der Waals surface area contributed by atoms with E-state index in [1.807, 2.05) is 43.3 Å². The van der Waals surface area contributed by atoms with E-state index in [9.17, 15) is 9.82 Å². The summed E-state index contributed by atoms with van der Waals surface area (Å²) in [5.41, 5.74) is 2.37. The fraction of sp³-hybridized carbons (Fsp3) is 0.278. The number of benzene rings is 2. The number of esters is 1. The smallest absolute Gasteiger partial charge is 0.466 e. The summed E-state index contributed by atoms with van der Waals surface area (Å²) in [6, 6.07) is 13.1. The molecule has 0 aliphatic carbocycles. The van der Waals surface area contributed by atoms with Crippen molar-refractivity contribution in [1.29, 1.82) is 0 Å². The van der Waals surface area contributed by atoms with E-state index in [4.69, 9.17) is 14.1 Å². The molecular weight excluding hydrogens is 307 g/mol. The monoisotopic (exact) mass is 326 g/mol. The number of rotatable bonds is 5. The zero-order valence-electron chi connectivity index (χ0n) is 13.7. The van der Waals surface area contributed by atoms with E-state index in [0.29, 0.717) is 23.6 Å². The van der Waals surface area contributed by atoms with Crippen LogP contribution in [0.3, 0.4) is 0 Å². The molecule has 2 aromatic carbocycles. The van der Waals surface area contributed by atoms with Gasteiger partial charge in [-0.25, -0.2) is 0 Å². The number of ether oxygens (including phenoxy) is 2. The normalized spacial score (nSPS) is 16.0. The molecule has 0 fully saturated rings. The minimum atomic E-state index is -1.07. The summed E-state index contributed by atoms with van der Waals surface area (Å²) in [4.78, 5) is 11.7. The minimum absolute atomic E-state index is 0.0810. The van der Waals surface area contributed by atoms with Gasteiger partial charge in [-0.3, -0.25) is 4.79 Å². The van der Waals surface area contributed by atoms with Crippen molar-refractivity contribution in [3.05, 3.63) is 53.6 Å². The second-order valence-electron chi connectivity index (χ2n) is 5.64. The Kier molecular flexibility index (Phi) is 4.88. The Hall–Kier alpha value is -2.31. The molecule has 1 aliphatic rings. The minimum Gasteiger partial charge on any atom is -0.466 e. The maximum atomic E-state index is 11.7. The van der Waals surface area contributed by atoms with Crippen molar-refractivity contribution in [2.75, 3.05) is 6.61 Å². The SMILES string of the molecule is CCOC(=O)CC1OB(O)c2cc(Oc3ccccc3)cc(C)c21. The molecule has 1 heterocycles. The first-order valence-electron chi connectivity index (χ1n) is 7.95. The second-order valence-corrected chi connectivity index (χ2v) is 5.64. The first-order valence-corrected chi connectivity index (χ1v) is 7.95. The van der Waals surface area contributed by atoms with E-state index >= 15 is 0 Å². The largest absolute Gasteiger partial charge is 0.492 e. The van der Waals surface area contributed by atoms with E-state index in [0.717, 1.165) is 11.1 Å². The molecule has 0 saturated heterocycles. The molecule has 0 aromatic heterocycles. The molecule has 1 N–H and O–H groups in total. The zero-order valence-corrected chi connectivity index (χ0v) is 13.7. The summed E-state index contributed by atoms with van der Waals surface area (Å²) in [7, 11) is -1.07. The zero-order chi connectivity index (χ0) is 17.1. The Morgan fingerprint density at radius 1 is 1.25 bits per heavy atom. The van der Waals surface area contributed by atoms with E-state index in [2.05, 4.69) is 0 Å². The van der Waals surface area contributed by atoms with Gasteiger partial charge < -0.3 is 19.2 Å². The van der Waals surface area contributed by atoms with Crippen LogP contribution in [0.15, 0.2) is 42.5 Å². The Labute approximate surface area is 141 Å². The second kappa shape index (κ2) is 7.07. The predicted molar refractivity (Wildman–Crippen MR) is 90.4 cm³/mol. The summed E-state index contributed by atoms with van der Waals surface area (Å²) in [5, 5.41) is 10.2. The predicted octanol–water partition coefficient (Wildman–Crippen LogP) is 2.50. The Balaban J connectivity index is 1.85. The van der Waals surface area contributed by atoms with Crippen LogP contribution in [-0.2, 0) is 14.2 Å². The van der Waals surface area contributed by atoms with E-state index in [-0.39, 0.29) is 12.4 Å². The summed E-state index contributed by atoms with van der Waals surface area (Å²) >= 11 is 0. The van der Waals surface area contributed by atoms with Gasteiger partial charge in [0.25, 0.3) is 0 Å². The number of aryl methyl sites for hydroxylation is 1. The average molecular weight is 326 g/mol. The summed E-state index contributed by atoms with van der Waals surface area (Å²) in [6.07, 6.45) is -0.419. The van der Waals surface area contributed by atoms with Crippen LogP contribution < -0.4 is 10.2 Å². The lowest BCUT2D eigenvalue weighted by molar-refractivity contribution is -0.145. The van der Waals surface area contributed by atoms with E-state index in [1.54, 1.807) is 13.0 Å². The molecule has 0 saturated carbocycles. The first kappa shape index (κ1) is 16.5. The molecular formula is C18H19BO5. The van der Waals surface area contributed by atoms with Crippen molar-refractivity contribution in [2.24, 2.45) is 0 Å². The Morgan fingerprint density at radius 2 is 2.00 bits per heavy atom. The third kappa shape index (κ3) is 3.45. The van der Waals surface area contributed by atoms with Crippen molar-refractivity contribution < 1.29 is 23.9 Å². The molecule has 5 nitrogen and oxygen atoms in total. The number of hydrogen-bond donors (Lipinski definition) is 1. The van der Waals surface area contributed by atoms with Crippen LogP contribution in [0.1, 0.15) is 30.6 Å². The lowest BCUT2D eigenvalue weighted by Gasteiger charge is -2.14. The molecule has 124 valence electrons. The van der Waals surface area contributed by atoms with Crippen LogP contribution in [0.4, 0.5) is 0 Å². The number of fused-ring (bicyclic) bond motifs is 1. The highest BCUT2D eigenvalue weighted by atomic mass is 16.5. The lowest BCUT2D eigenvalue weighted by Crippen LogP contribution is -2.28. The highest BCUT2D eigenvalue weighted by Crippen LogP contribution is 2.33. The van der Waals surface area contributed by atoms with Crippen LogP contribution >= 0.6 is 0 Å². The molecule has 1 atom stereocenters. The van der Waals surface area contributed by atoms with Gasteiger partial charge in [0.2, 0.25) is 0 Å². The van der Waals surface area contributed by atoms with Crippen molar-refractivity contribution in [1.82, 2.24) is 0 Å². The molecule has 24 heavy (non-hydrogen) atoms. The fourth-order valence-corrected chi connectivity index (χ4v) is 2.94. The Morgan fingerprint density at radius 3 is 2.71 bits per heavy atom. The molecule has 1 unspecified atom stereocenters. The van der Waals surface area contributed by atoms with Gasteiger partial charge in [0.05, 0.1) is 19.1 Å². The Bertz CT molecular complexity index is 732. The van der Waals surface area contributed by atoms with Crippen LogP contribution in [-0.4, -0.2) is 24.7 Å². The molecule has 0 spiro atoms. The first-order chi connectivity index (χ1) is 11.6. The molecule has 0 amide bonds. The van der Waals surface area contributed by atoms with Crippen LogP contribution in [0.5, 0.6) is 11.5 Å². The molecule has 6 heteroatoms. The maximum Gasteiger partial charge on any atom is 0.492 e. The fourth-order valence-electron chi connectivity index (χ4n) is 2.94. The van der Waals surface area contributed by atoms with Crippen molar-refractivity contribution in [3.8, 4) is 11.5 Å². The highest BCUT2D eigenvalue weighted by molar-refractivity contribution is 6.62. The molecule has 2 aromatic rings. The van der Waals surface area contributed by atoms with Crippen LogP contribution in [0.2, 0.25) is 0 Å². The van der Waals surface area contributed by atoms with Crippen molar-refractivity contribution >= 4 is 18.6 Å². The topological polar surface area (TPSA) is 65.0 Å². The molecule has 1 aliphatic heterocycles. The third-order valence-corrected chi connectivity index (χ3v) is 3.91. The number of carbonyl (C=O) groups excluding carboxylic acids is 1. The van der Waals surface area contributed by atoms with Gasteiger partial charge in [-0.15, -0.1) is 0 Å². The van der Waals surface area contributed by atoms with Crippen molar-refractivity contribution in [2.45, 2.75) is 26.4 Å². The van der Waals surface area contributed by atoms with Gasteiger partial charge in [0.1, 0.15) is 11.5 Å². The van der Waals surface area contributed by atoms with Gasteiger partial charge >= 0.3 is 13.1 Å². The quantitative estimate of drug-likeness (QED) is 0.676. The highest BCUT2D eigenvalue weighted by Gasteiger charge is 2.38. The molecule has 3 rings (SSSR count). The number of para-hydroxylation sites is 1. The molecule has 0 radical (unpaired) electrons. The van der Waals surface area contributed by atoms with Gasteiger partial charge in [-0.2, -0.15) is 0 Å². The molecule has 0 bridgehead atoms. The van der Waals surface area contributed by atoms with E-state index in [1.165, 1.54) is 0 Å². The number of carbonyl (C=O) groups is 1. The lowest BCUT2D eigenvalue weighted by atomic mass is 9.77. The summed E-state index contributed by atoms with van der Waals surface area (Å²) in [5.74, 6) is 0.997. The summed E-state index contributed by atoms with van der Waals surface area (Å²) < 4.78 is 16.3. The maximum absolute atomic E-state index is 11.7. The standard InChI is InChI=1S/C18H19BO5/c1-3-22-17(20)11-16-18-12(2)9-14(10-15(18)19(21)24-16)23-13-7-5-4-6-8-13/h4-10,16,21H,3,11H2,1-2H3. The van der Waals surface area contributed by atoms with Crippen molar-refractivity contribution in [3.63, 3.8) is 0 Å². The van der Waals surface area contributed by atoms with Crippen LogP contribution in [0, 0.1) is 6.92 Å². The van der Waals surface area contributed by atoms with Gasteiger partial charge in [-0.1, -0.05) is 18.2 Å². The van der Waals surface area contributed by atoms with E-state index < -0.39 is 13.2 Å². The van der Waals surface area contributed by atoms with Gasteiger partial charge in [-0.05, 0) is 54.7 Å². The van der Waals surface area contributed by atoms with Crippen LogP contribution in [0.25, 0.3) is 0 Å². The third-order valence-electron chi connectivity index (χ3n) is 3.91.